The van der Waals surface area contributed by atoms with Gasteiger partial charge in [0.15, 0.2) is 0 Å². The number of halogens is 3. The molecule has 0 aliphatic carbocycles. The fraction of sp³-hybridized carbons (Fsp3) is 0.433. The van der Waals surface area contributed by atoms with E-state index in [4.69, 9.17) is 9.47 Å². The molecule has 3 rings (SSSR count). The maximum atomic E-state index is 13.0. The van der Waals surface area contributed by atoms with Crippen molar-refractivity contribution >= 4 is 11.9 Å². The minimum absolute atomic E-state index is 0.0993. The number of hydrogen-bond acceptors (Lipinski definition) is 5. The molecule has 1 N–H and O–H groups in total. The monoisotopic (exact) mass is 559 g/mol. The maximum Gasteiger partial charge on any atom is 0.419 e. The van der Waals surface area contributed by atoms with Crippen LogP contribution in [0.2, 0.25) is 0 Å². The van der Waals surface area contributed by atoms with E-state index in [1.54, 1.807) is 38.1 Å². The zero-order chi connectivity index (χ0) is 29.4. The van der Waals surface area contributed by atoms with E-state index >= 15 is 0 Å². The molecule has 216 valence electrons. The van der Waals surface area contributed by atoms with Gasteiger partial charge in [-0.2, -0.15) is 18.3 Å². The standard InChI is InChI=1S/C30H36F3N3O4/c1-6-8-26(22-9-11-23(12-10-22)29(38)34-14-13-27(37)39-21(5)7-2)40-25-15-19(3)28(20(4)16-25)36-18-24(17-35-36)30(31,32)33/h9-12,15-18,21,26H,6-8,13-14H2,1-5H3,(H,34,38)/t21-,26?/m0/s1. The van der Waals surface area contributed by atoms with Gasteiger partial charge in [0.2, 0.25) is 0 Å². The van der Waals surface area contributed by atoms with Gasteiger partial charge in [0, 0.05) is 18.3 Å². The number of nitrogens with zero attached hydrogens (tertiary/aromatic N) is 2. The summed E-state index contributed by atoms with van der Waals surface area (Å²) in [5.41, 5.74) is 2.55. The van der Waals surface area contributed by atoms with Gasteiger partial charge in [-0.25, -0.2) is 4.68 Å². The first kappa shape index (κ1) is 30.7. The summed E-state index contributed by atoms with van der Waals surface area (Å²) >= 11 is 0. The number of benzene rings is 2. The minimum Gasteiger partial charge on any atom is -0.486 e. The predicted molar refractivity (Wildman–Crippen MR) is 146 cm³/mol. The number of nitrogens with one attached hydrogen (secondary N) is 1. The van der Waals surface area contributed by atoms with Crippen LogP contribution < -0.4 is 10.1 Å². The van der Waals surface area contributed by atoms with Crippen molar-refractivity contribution in [1.29, 1.82) is 0 Å². The molecule has 2 aromatic carbocycles. The third-order valence-electron chi connectivity index (χ3n) is 6.50. The highest BCUT2D eigenvalue weighted by Gasteiger charge is 2.32. The van der Waals surface area contributed by atoms with Crippen molar-refractivity contribution in [1.82, 2.24) is 15.1 Å². The molecule has 0 fully saturated rings. The molecule has 0 saturated heterocycles. The van der Waals surface area contributed by atoms with Crippen LogP contribution in [0.4, 0.5) is 13.2 Å². The lowest BCUT2D eigenvalue weighted by atomic mass is 10.0. The van der Waals surface area contributed by atoms with Gasteiger partial charge < -0.3 is 14.8 Å². The van der Waals surface area contributed by atoms with E-state index in [0.29, 0.717) is 17.0 Å². The van der Waals surface area contributed by atoms with E-state index < -0.39 is 11.7 Å². The summed E-state index contributed by atoms with van der Waals surface area (Å²) in [6.07, 6.45) is -0.712. The number of aryl methyl sites for hydroxylation is 2. The predicted octanol–water partition coefficient (Wildman–Crippen LogP) is 6.89. The molecule has 0 saturated carbocycles. The SMILES string of the molecule is CCCC(Oc1cc(C)c(-n2cc(C(F)(F)F)cn2)c(C)c1)c1ccc(C(=O)NCCC(=O)O[C@@H](C)CC)cc1. The second-order valence-electron chi connectivity index (χ2n) is 9.81. The van der Waals surface area contributed by atoms with Crippen LogP contribution >= 0.6 is 0 Å². The van der Waals surface area contributed by atoms with Crippen LogP contribution in [0.3, 0.4) is 0 Å². The third-order valence-corrected chi connectivity index (χ3v) is 6.50. The van der Waals surface area contributed by atoms with Crippen LogP contribution in [0.5, 0.6) is 5.75 Å². The van der Waals surface area contributed by atoms with Crippen molar-refractivity contribution in [2.24, 2.45) is 0 Å². The Hall–Kier alpha value is -3.82. The van der Waals surface area contributed by atoms with E-state index in [9.17, 15) is 22.8 Å². The number of rotatable bonds is 12. The first-order valence-corrected chi connectivity index (χ1v) is 13.4. The van der Waals surface area contributed by atoms with Crippen molar-refractivity contribution in [2.75, 3.05) is 6.54 Å². The van der Waals surface area contributed by atoms with Crippen LogP contribution in [-0.4, -0.2) is 34.3 Å². The Kier molecular flexibility index (Phi) is 10.4. The molecule has 40 heavy (non-hydrogen) atoms. The summed E-state index contributed by atoms with van der Waals surface area (Å²) in [7, 11) is 0. The van der Waals surface area contributed by atoms with Crippen LogP contribution in [0.15, 0.2) is 48.8 Å². The fourth-order valence-corrected chi connectivity index (χ4v) is 4.25. The van der Waals surface area contributed by atoms with Crippen LogP contribution in [-0.2, 0) is 15.7 Å². The first-order valence-electron chi connectivity index (χ1n) is 13.4. The zero-order valence-electron chi connectivity index (χ0n) is 23.5. The Labute approximate surface area is 232 Å². The first-order chi connectivity index (χ1) is 18.9. The third kappa shape index (κ3) is 8.09. The van der Waals surface area contributed by atoms with E-state index in [2.05, 4.69) is 10.4 Å². The minimum atomic E-state index is -4.46. The van der Waals surface area contributed by atoms with Gasteiger partial charge >= 0.3 is 12.1 Å². The van der Waals surface area contributed by atoms with Crippen LogP contribution in [0.25, 0.3) is 5.69 Å². The number of aromatic nitrogens is 2. The Morgan fingerprint density at radius 2 is 1.73 bits per heavy atom. The topological polar surface area (TPSA) is 82.5 Å². The highest BCUT2D eigenvalue weighted by Crippen LogP contribution is 2.33. The Morgan fingerprint density at radius 1 is 1.07 bits per heavy atom. The number of carbonyl (C=O) groups excluding carboxylic acids is 2. The molecule has 0 spiro atoms. The number of alkyl halides is 3. The van der Waals surface area contributed by atoms with Crippen molar-refractivity contribution in [3.8, 4) is 11.4 Å². The van der Waals surface area contributed by atoms with Gasteiger partial charge in [0.1, 0.15) is 11.9 Å². The highest BCUT2D eigenvalue weighted by atomic mass is 19.4. The van der Waals surface area contributed by atoms with Crippen molar-refractivity contribution < 1.29 is 32.2 Å². The van der Waals surface area contributed by atoms with E-state index in [0.717, 1.165) is 48.3 Å². The average molecular weight is 560 g/mol. The fourth-order valence-electron chi connectivity index (χ4n) is 4.25. The largest absolute Gasteiger partial charge is 0.486 e. The summed E-state index contributed by atoms with van der Waals surface area (Å²) in [6.45, 7) is 9.58. The Balaban J connectivity index is 1.68. The second-order valence-corrected chi connectivity index (χ2v) is 9.81. The van der Waals surface area contributed by atoms with Gasteiger partial charge in [0.25, 0.3) is 5.91 Å². The lowest BCUT2D eigenvalue weighted by molar-refractivity contribution is -0.148. The molecular formula is C30H36F3N3O4. The summed E-state index contributed by atoms with van der Waals surface area (Å²) in [5, 5.41) is 6.64. The molecule has 0 radical (unpaired) electrons. The normalized spacial score (nSPS) is 13.0. The van der Waals surface area contributed by atoms with Gasteiger partial charge in [0.05, 0.1) is 30.0 Å². The smallest absolute Gasteiger partial charge is 0.419 e. The lowest BCUT2D eigenvalue weighted by Gasteiger charge is -2.21. The van der Waals surface area contributed by atoms with E-state index in [1.807, 2.05) is 32.9 Å². The molecule has 3 aromatic rings. The van der Waals surface area contributed by atoms with Crippen molar-refractivity contribution in [2.45, 2.75) is 78.7 Å². The van der Waals surface area contributed by atoms with Crippen LogP contribution in [0, 0.1) is 13.8 Å². The number of ether oxygens (including phenoxy) is 2. The number of carbonyl (C=O) groups is 2. The summed E-state index contributed by atoms with van der Waals surface area (Å²) in [4.78, 5) is 24.3. The quantitative estimate of drug-likeness (QED) is 0.244. The molecule has 1 heterocycles. The molecule has 1 aromatic heterocycles. The molecule has 0 aliphatic rings. The number of amides is 1. The van der Waals surface area contributed by atoms with Gasteiger partial charge in [-0.1, -0.05) is 32.4 Å². The number of hydrogen-bond donors (Lipinski definition) is 1. The Morgan fingerprint density at radius 3 is 2.27 bits per heavy atom. The molecular weight excluding hydrogens is 523 g/mol. The Bertz CT molecular complexity index is 1280. The molecule has 1 unspecified atom stereocenters. The lowest BCUT2D eigenvalue weighted by Crippen LogP contribution is -2.27. The number of esters is 1. The van der Waals surface area contributed by atoms with Gasteiger partial charge in [-0.3, -0.25) is 9.59 Å². The van der Waals surface area contributed by atoms with Crippen molar-refractivity contribution in [3.63, 3.8) is 0 Å². The average Bonchev–Trinajstić information content (AvgIpc) is 3.38. The molecule has 2 atom stereocenters. The summed E-state index contributed by atoms with van der Waals surface area (Å²) in [6, 6.07) is 10.7. The van der Waals surface area contributed by atoms with E-state index in [1.165, 1.54) is 4.68 Å². The second kappa shape index (κ2) is 13.5. The summed E-state index contributed by atoms with van der Waals surface area (Å²) < 4.78 is 51.9. The zero-order valence-corrected chi connectivity index (χ0v) is 23.5. The van der Waals surface area contributed by atoms with E-state index in [-0.39, 0.29) is 37.0 Å². The maximum absolute atomic E-state index is 13.0. The van der Waals surface area contributed by atoms with Crippen molar-refractivity contribution in [3.05, 3.63) is 76.6 Å². The molecule has 7 nitrogen and oxygen atoms in total. The molecule has 0 aliphatic heterocycles. The highest BCUT2D eigenvalue weighted by molar-refractivity contribution is 5.94. The molecule has 1 amide bonds. The molecule has 10 heteroatoms. The van der Waals surface area contributed by atoms with Gasteiger partial charge in [-0.15, -0.1) is 0 Å². The molecule has 0 bridgehead atoms. The van der Waals surface area contributed by atoms with Gasteiger partial charge in [-0.05, 0) is 74.6 Å². The van der Waals surface area contributed by atoms with Crippen LogP contribution in [0.1, 0.15) is 85.2 Å². The summed E-state index contributed by atoms with van der Waals surface area (Å²) in [5.74, 6) is -0.0461.